The number of hydrogen-bond donors (Lipinski definition) is 1. The fraction of sp³-hybridized carbons (Fsp3) is 0.333. The van der Waals surface area contributed by atoms with Crippen molar-refractivity contribution in [1.29, 1.82) is 0 Å². The van der Waals surface area contributed by atoms with Crippen LogP contribution in [-0.4, -0.2) is 22.4 Å². The molecule has 0 atom stereocenters. The first-order valence-electron chi connectivity index (χ1n) is 4.64. The molecular formula is C9H4F7NO3. The Balaban J connectivity index is 3.37. The highest BCUT2D eigenvalue weighted by atomic mass is 19.4. The minimum Gasteiger partial charge on any atom is -0.481 e. The monoisotopic (exact) mass is 307 g/mol. The summed E-state index contributed by atoms with van der Waals surface area (Å²) in [6.07, 6.45) is -12.0. The van der Waals surface area contributed by atoms with Crippen molar-refractivity contribution < 1.29 is 45.4 Å². The van der Waals surface area contributed by atoms with Gasteiger partial charge < -0.3 is 9.84 Å². The Labute approximate surface area is 105 Å². The second-order valence-electron chi connectivity index (χ2n) is 3.40. The number of carbonyl (C=O) groups is 1. The minimum absolute atomic E-state index is 0.0769. The Morgan fingerprint density at radius 3 is 2.20 bits per heavy atom. The lowest BCUT2D eigenvalue weighted by Gasteiger charge is -2.14. The molecule has 11 heteroatoms. The van der Waals surface area contributed by atoms with E-state index in [9.17, 15) is 35.5 Å². The lowest BCUT2D eigenvalue weighted by molar-refractivity contribution is -0.276. The fourth-order valence-electron chi connectivity index (χ4n) is 1.31. The summed E-state index contributed by atoms with van der Waals surface area (Å²) in [5.41, 5.74) is -3.27. The zero-order valence-corrected chi connectivity index (χ0v) is 9.14. The van der Waals surface area contributed by atoms with E-state index in [0.717, 1.165) is 0 Å². The second kappa shape index (κ2) is 5.13. The van der Waals surface area contributed by atoms with Crippen molar-refractivity contribution >= 4 is 5.97 Å². The zero-order valence-electron chi connectivity index (χ0n) is 9.14. The highest BCUT2D eigenvalue weighted by molar-refractivity contribution is 5.71. The van der Waals surface area contributed by atoms with E-state index in [-0.39, 0.29) is 6.07 Å². The first-order chi connectivity index (χ1) is 8.90. The molecule has 0 saturated carbocycles. The van der Waals surface area contributed by atoms with Gasteiger partial charge in [0.1, 0.15) is 5.56 Å². The van der Waals surface area contributed by atoms with Crippen LogP contribution in [0, 0.1) is 5.95 Å². The first kappa shape index (κ1) is 16.0. The summed E-state index contributed by atoms with van der Waals surface area (Å²) < 4.78 is 89.4. The Bertz CT molecular complexity index is 523. The predicted octanol–water partition coefficient (Wildman–Crippen LogP) is 2.77. The molecule has 0 spiro atoms. The van der Waals surface area contributed by atoms with Crippen molar-refractivity contribution in [2.24, 2.45) is 0 Å². The number of carboxylic acid groups (broad SMARTS) is 1. The van der Waals surface area contributed by atoms with Crippen LogP contribution >= 0.6 is 0 Å². The summed E-state index contributed by atoms with van der Waals surface area (Å²) in [7, 11) is 0. The number of aliphatic carboxylic acids is 1. The average Bonchev–Trinajstić information content (AvgIpc) is 2.08. The summed E-state index contributed by atoms with van der Waals surface area (Å²) in [5, 5.41) is 8.40. The molecule has 0 bridgehead atoms. The Morgan fingerprint density at radius 2 is 1.80 bits per heavy atom. The molecule has 20 heavy (non-hydrogen) atoms. The maximum Gasteiger partial charge on any atom is 0.574 e. The van der Waals surface area contributed by atoms with Crippen molar-refractivity contribution in [2.45, 2.75) is 19.0 Å². The molecule has 0 unspecified atom stereocenters. The van der Waals surface area contributed by atoms with Crippen LogP contribution in [0.5, 0.6) is 5.88 Å². The lowest BCUT2D eigenvalue weighted by Crippen LogP contribution is -2.21. The molecule has 0 fully saturated rings. The van der Waals surface area contributed by atoms with Crippen LogP contribution in [0.3, 0.4) is 0 Å². The van der Waals surface area contributed by atoms with Crippen LogP contribution in [0.4, 0.5) is 30.7 Å². The van der Waals surface area contributed by atoms with Crippen molar-refractivity contribution in [2.75, 3.05) is 0 Å². The van der Waals surface area contributed by atoms with Crippen LogP contribution in [0.1, 0.15) is 11.1 Å². The maximum absolute atomic E-state index is 13.2. The molecule has 0 aliphatic heterocycles. The minimum atomic E-state index is -5.31. The maximum atomic E-state index is 13.2. The Kier molecular flexibility index (Phi) is 4.10. The lowest BCUT2D eigenvalue weighted by atomic mass is 10.1. The third-order valence-electron chi connectivity index (χ3n) is 1.88. The van der Waals surface area contributed by atoms with E-state index >= 15 is 0 Å². The molecule has 1 N–H and O–H groups in total. The van der Waals surface area contributed by atoms with E-state index in [1.165, 1.54) is 0 Å². The second-order valence-corrected chi connectivity index (χ2v) is 3.40. The normalized spacial score (nSPS) is 12.3. The van der Waals surface area contributed by atoms with Crippen molar-refractivity contribution in [3.8, 4) is 5.88 Å². The summed E-state index contributed by atoms with van der Waals surface area (Å²) in [6, 6.07) is 0.0769. The molecule has 0 radical (unpaired) electrons. The molecule has 1 aromatic heterocycles. The van der Waals surface area contributed by atoms with Gasteiger partial charge in [0, 0.05) is 6.07 Å². The smallest absolute Gasteiger partial charge is 0.481 e. The predicted molar refractivity (Wildman–Crippen MR) is 47.2 cm³/mol. The molecule has 0 aliphatic carbocycles. The van der Waals surface area contributed by atoms with Gasteiger partial charge in [-0.3, -0.25) is 4.79 Å². The van der Waals surface area contributed by atoms with Gasteiger partial charge in [-0.25, -0.2) is 0 Å². The number of ether oxygens (including phenoxy) is 1. The van der Waals surface area contributed by atoms with Gasteiger partial charge in [0.25, 0.3) is 0 Å². The summed E-state index contributed by atoms with van der Waals surface area (Å²) in [5.74, 6) is -5.60. The van der Waals surface area contributed by atoms with E-state index in [0.29, 0.717) is 0 Å². The van der Waals surface area contributed by atoms with Gasteiger partial charge in [-0.05, 0) is 5.56 Å². The molecule has 0 saturated heterocycles. The van der Waals surface area contributed by atoms with Crippen molar-refractivity contribution in [3.63, 3.8) is 0 Å². The molecule has 0 aliphatic rings. The summed E-state index contributed by atoms with van der Waals surface area (Å²) >= 11 is 0. The number of aromatic nitrogens is 1. The van der Waals surface area contributed by atoms with Crippen molar-refractivity contribution in [1.82, 2.24) is 4.98 Å². The van der Waals surface area contributed by atoms with Crippen LogP contribution < -0.4 is 4.74 Å². The van der Waals surface area contributed by atoms with Crippen LogP contribution in [0.15, 0.2) is 6.07 Å². The number of halogens is 7. The average molecular weight is 307 g/mol. The zero-order chi connectivity index (χ0) is 15.7. The Hall–Kier alpha value is -2.07. The highest BCUT2D eigenvalue weighted by Gasteiger charge is 2.40. The number of hydrogen-bond acceptors (Lipinski definition) is 3. The highest BCUT2D eigenvalue weighted by Crippen LogP contribution is 2.36. The van der Waals surface area contributed by atoms with Gasteiger partial charge in [-0.2, -0.15) is 22.5 Å². The summed E-state index contributed by atoms with van der Waals surface area (Å²) in [6.45, 7) is 0. The van der Waals surface area contributed by atoms with Gasteiger partial charge >= 0.3 is 18.5 Å². The topological polar surface area (TPSA) is 59.4 Å². The number of nitrogens with zero attached hydrogens (tertiary/aromatic N) is 1. The van der Waals surface area contributed by atoms with Crippen LogP contribution in [0.2, 0.25) is 0 Å². The third kappa shape index (κ3) is 4.24. The van der Waals surface area contributed by atoms with Gasteiger partial charge in [-0.1, -0.05) is 0 Å². The number of alkyl halides is 6. The molecular weight excluding hydrogens is 303 g/mol. The fourth-order valence-corrected chi connectivity index (χ4v) is 1.31. The van der Waals surface area contributed by atoms with E-state index in [4.69, 9.17) is 5.11 Å². The van der Waals surface area contributed by atoms with Gasteiger partial charge in [-0.15, -0.1) is 13.2 Å². The van der Waals surface area contributed by atoms with E-state index < -0.39 is 47.9 Å². The third-order valence-corrected chi connectivity index (χ3v) is 1.88. The van der Waals surface area contributed by atoms with Crippen molar-refractivity contribution in [3.05, 3.63) is 23.1 Å². The van der Waals surface area contributed by atoms with Gasteiger partial charge in [0.05, 0.1) is 6.42 Å². The molecule has 0 aromatic carbocycles. The van der Waals surface area contributed by atoms with Crippen LogP contribution in [-0.2, 0) is 17.4 Å². The number of carboxylic acids is 1. The van der Waals surface area contributed by atoms with Gasteiger partial charge in [0.2, 0.25) is 11.8 Å². The molecule has 1 heterocycles. The number of rotatable bonds is 3. The van der Waals surface area contributed by atoms with Gasteiger partial charge in [0.15, 0.2) is 0 Å². The quantitative estimate of drug-likeness (QED) is 0.689. The SMILES string of the molecule is O=C(O)Cc1cc(OC(F)(F)F)nc(F)c1C(F)(F)F. The molecule has 1 aromatic rings. The number of pyridine rings is 1. The molecule has 0 amide bonds. The molecule has 112 valence electrons. The summed E-state index contributed by atoms with van der Waals surface area (Å²) in [4.78, 5) is 12.8. The van der Waals surface area contributed by atoms with E-state index in [1.54, 1.807) is 0 Å². The van der Waals surface area contributed by atoms with E-state index in [2.05, 4.69) is 9.72 Å². The molecule has 4 nitrogen and oxygen atoms in total. The Morgan fingerprint density at radius 1 is 1.25 bits per heavy atom. The largest absolute Gasteiger partial charge is 0.574 e. The first-order valence-corrected chi connectivity index (χ1v) is 4.64. The molecule has 1 rings (SSSR count). The van der Waals surface area contributed by atoms with E-state index in [1.807, 2.05) is 0 Å². The van der Waals surface area contributed by atoms with Crippen LogP contribution in [0.25, 0.3) is 0 Å². The standard InChI is InChI=1S/C9H4F7NO3/c10-7-6(8(11,12)13)3(2-5(18)19)1-4(17-7)20-9(14,15)16/h1H,2H2,(H,18,19).